The standard InChI is InChI=1S/C12H15ClO/c1-8(2)9-5-10(13)7-12(6-9)14-11-3-4-11/h5-8,11H,3-4H2,1-2H3. The summed E-state index contributed by atoms with van der Waals surface area (Å²) in [7, 11) is 0. The summed E-state index contributed by atoms with van der Waals surface area (Å²) in [6, 6.07) is 5.99. The van der Waals surface area contributed by atoms with Gasteiger partial charge in [0.05, 0.1) is 6.10 Å². The van der Waals surface area contributed by atoms with E-state index in [0.29, 0.717) is 12.0 Å². The molecule has 0 bridgehead atoms. The Morgan fingerprint density at radius 3 is 2.57 bits per heavy atom. The number of benzene rings is 1. The first-order valence-electron chi connectivity index (χ1n) is 5.12. The van der Waals surface area contributed by atoms with Crippen LogP contribution in [0.2, 0.25) is 5.02 Å². The van der Waals surface area contributed by atoms with Crippen molar-refractivity contribution in [2.45, 2.75) is 38.7 Å². The van der Waals surface area contributed by atoms with Crippen LogP contribution in [-0.4, -0.2) is 6.10 Å². The average molecular weight is 211 g/mol. The fraction of sp³-hybridized carbons (Fsp3) is 0.500. The van der Waals surface area contributed by atoms with Crippen LogP contribution in [-0.2, 0) is 0 Å². The molecule has 2 heteroatoms. The summed E-state index contributed by atoms with van der Waals surface area (Å²) in [5.74, 6) is 1.42. The van der Waals surface area contributed by atoms with E-state index >= 15 is 0 Å². The van der Waals surface area contributed by atoms with Gasteiger partial charge in [-0.2, -0.15) is 0 Å². The highest BCUT2D eigenvalue weighted by atomic mass is 35.5. The van der Waals surface area contributed by atoms with Gasteiger partial charge >= 0.3 is 0 Å². The highest BCUT2D eigenvalue weighted by Crippen LogP contribution is 2.31. The summed E-state index contributed by atoms with van der Waals surface area (Å²) in [5.41, 5.74) is 1.24. The average Bonchev–Trinajstić information content (AvgIpc) is 2.87. The van der Waals surface area contributed by atoms with Crippen molar-refractivity contribution in [3.05, 3.63) is 28.8 Å². The Balaban J connectivity index is 2.21. The Morgan fingerprint density at radius 1 is 1.29 bits per heavy atom. The number of halogens is 1. The molecule has 1 aliphatic rings. The van der Waals surface area contributed by atoms with Crippen molar-refractivity contribution in [2.24, 2.45) is 0 Å². The molecule has 0 N–H and O–H groups in total. The van der Waals surface area contributed by atoms with Crippen LogP contribution in [0.25, 0.3) is 0 Å². The molecular weight excluding hydrogens is 196 g/mol. The van der Waals surface area contributed by atoms with Crippen LogP contribution < -0.4 is 4.74 Å². The second-order valence-electron chi connectivity index (χ2n) is 4.19. The maximum Gasteiger partial charge on any atom is 0.121 e. The molecule has 2 rings (SSSR count). The SMILES string of the molecule is CC(C)c1cc(Cl)cc(OC2CC2)c1. The molecule has 1 aromatic rings. The molecule has 1 aromatic carbocycles. The molecule has 1 saturated carbocycles. The Bertz CT molecular complexity index is 329. The zero-order valence-corrected chi connectivity index (χ0v) is 9.34. The van der Waals surface area contributed by atoms with Crippen molar-refractivity contribution in [1.29, 1.82) is 0 Å². The first-order chi connectivity index (χ1) is 6.65. The van der Waals surface area contributed by atoms with Gasteiger partial charge in [0, 0.05) is 5.02 Å². The molecule has 0 atom stereocenters. The topological polar surface area (TPSA) is 9.23 Å². The minimum atomic E-state index is 0.438. The zero-order chi connectivity index (χ0) is 10.1. The molecule has 1 fully saturated rings. The van der Waals surface area contributed by atoms with Gasteiger partial charge in [0.25, 0.3) is 0 Å². The second-order valence-corrected chi connectivity index (χ2v) is 4.63. The van der Waals surface area contributed by atoms with Gasteiger partial charge < -0.3 is 4.74 Å². The Labute approximate surface area is 90.0 Å². The van der Waals surface area contributed by atoms with Gasteiger partial charge in [-0.15, -0.1) is 0 Å². The number of ether oxygens (including phenoxy) is 1. The van der Waals surface area contributed by atoms with Gasteiger partial charge in [-0.3, -0.25) is 0 Å². The summed E-state index contributed by atoms with van der Waals surface area (Å²) in [5, 5.41) is 0.770. The van der Waals surface area contributed by atoms with Gasteiger partial charge in [0.15, 0.2) is 0 Å². The predicted molar refractivity (Wildman–Crippen MR) is 59.2 cm³/mol. The molecular formula is C12H15ClO. The van der Waals surface area contributed by atoms with Crippen molar-refractivity contribution >= 4 is 11.6 Å². The summed E-state index contributed by atoms with van der Waals surface area (Å²) in [6.07, 6.45) is 2.81. The van der Waals surface area contributed by atoms with Crippen LogP contribution >= 0.6 is 11.6 Å². The number of rotatable bonds is 3. The number of hydrogen-bond acceptors (Lipinski definition) is 1. The molecule has 0 radical (unpaired) electrons. The van der Waals surface area contributed by atoms with Gasteiger partial charge in [0.2, 0.25) is 0 Å². The minimum Gasteiger partial charge on any atom is -0.490 e. The van der Waals surface area contributed by atoms with E-state index in [0.717, 1.165) is 10.8 Å². The van der Waals surface area contributed by atoms with Gasteiger partial charge in [-0.05, 0) is 42.5 Å². The third-order valence-electron chi connectivity index (χ3n) is 2.39. The van der Waals surface area contributed by atoms with Crippen molar-refractivity contribution in [3.8, 4) is 5.75 Å². The molecule has 0 aromatic heterocycles. The lowest BCUT2D eigenvalue weighted by molar-refractivity contribution is 0.303. The smallest absolute Gasteiger partial charge is 0.121 e. The van der Waals surface area contributed by atoms with E-state index < -0.39 is 0 Å². The Morgan fingerprint density at radius 2 is 2.00 bits per heavy atom. The third-order valence-corrected chi connectivity index (χ3v) is 2.61. The van der Waals surface area contributed by atoms with Crippen molar-refractivity contribution in [3.63, 3.8) is 0 Å². The van der Waals surface area contributed by atoms with Crippen molar-refractivity contribution in [2.75, 3.05) is 0 Å². The van der Waals surface area contributed by atoms with Gasteiger partial charge in [-0.25, -0.2) is 0 Å². The third kappa shape index (κ3) is 2.42. The highest BCUT2D eigenvalue weighted by Gasteiger charge is 2.23. The van der Waals surface area contributed by atoms with E-state index in [1.54, 1.807) is 0 Å². The van der Waals surface area contributed by atoms with Crippen LogP contribution in [0.15, 0.2) is 18.2 Å². The highest BCUT2D eigenvalue weighted by molar-refractivity contribution is 6.30. The first kappa shape index (κ1) is 9.85. The Kier molecular flexibility index (Phi) is 2.69. The Hall–Kier alpha value is -0.690. The summed E-state index contributed by atoms with van der Waals surface area (Å²) in [6.45, 7) is 4.32. The summed E-state index contributed by atoms with van der Waals surface area (Å²) < 4.78 is 5.71. The quantitative estimate of drug-likeness (QED) is 0.733. The molecule has 1 nitrogen and oxygen atoms in total. The van der Waals surface area contributed by atoms with E-state index in [4.69, 9.17) is 16.3 Å². The van der Waals surface area contributed by atoms with Crippen LogP contribution in [0.4, 0.5) is 0 Å². The summed E-state index contributed by atoms with van der Waals surface area (Å²) >= 11 is 6.02. The van der Waals surface area contributed by atoms with E-state index in [2.05, 4.69) is 19.9 Å². The largest absolute Gasteiger partial charge is 0.490 e. The molecule has 0 amide bonds. The minimum absolute atomic E-state index is 0.438. The lowest BCUT2D eigenvalue weighted by Crippen LogP contribution is -1.97. The molecule has 0 saturated heterocycles. The fourth-order valence-electron chi connectivity index (χ4n) is 1.36. The maximum absolute atomic E-state index is 6.02. The van der Waals surface area contributed by atoms with Crippen LogP contribution in [0, 0.1) is 0 Å². The zero-order valence-electron chi connectivity index (χ0n) is 8.59. The second kappa shape index (κ2) is 3.82. The molecule has 1 aliphatic carbocycles. The maximum atomic E-state index is 6.02. The van der Waals surface area contributed by atoms with E-state index in [9.17, 15) is 0 Å². The molecule has 0 unspecified atom stereocenters. The normalized spacial score (nSPS) is 16.0. The first-order valence-corrected chi connectivity index (χ1v) is 5.50. The lowest BCUT2D eigenvalue weighted by Gasteiger charge is -2.10. The monoisotopic (exact) mass is 210 g/mol. The van der Waals surface area contributed by atoms with Crippen molar-refractivity contribution in [1.82, 2.24) is 0 Å². The lowest BCUT2D eigenvalue weighted by atomic mass is 10.0. The van der Waals surface area contributed by atoms with E-state index in [1.807, 2.05) is 12.1 Å². The van der Waals surface area contributed by atoms with Gasteiger partial charge in [0.1, 0.15) is 5.75 Å². The fourth-order valence-corrected chi connectivity index (χ4v) is 1.60. The van der Waals surface area contributed by atoms with Crippen molar-refractivity contribution < 1.29 is 4.74 Å². The molecule has 76 valence electrons. The molecule has 0 heterocycles. The summed E-state index contributed by atoms with van der Waals surface area (Å²) in [4.78, 5) is 0. The van der Waals surface area contributed by atoms with Crippen LogP contribution in [0.1, 0.15) is 38.2 Å². The predicted octanol–water partition coefficient (Wildman–Crippen LogP) is 4.00. The molecule has 0 spiro atoms. The molecule has 14 heavy (non-hydrogen) atoms. The molecule has 0 aliphatic heterocycles. The number of hydrogen-bond donors (Lipinski definition) is 0. The van der Waals surface area contributed by atoms with Crippen LogP contribution in [0.3, 0.4) is 0 Å². The van der Waals surface area contributed by atoms with Gasteiger partial charge in [-0.1, -0.05) is 25.4 Å². The van der Waals surface area contributed by atoms with Crippen LogP contribution in [0.5, 0.6) is 5.75 Å². The van der Waals surface area contributed by atoms with E-state index in [-0.39, 0.29) is 0 Å². The van der Waals surface area contributed by atoms with E-state index in [1.165, 1.54) is 18.4 Å².